The fraction of sp³-hybridized carbons (Fsp3) is 0.167. The van der Waals surface area contributed by atoms with Gasteiger partial charge in [-0.05, 0) is 19.2 Å². The van der Waals surface area contributed by atoms with Gasteiger partial charge in [-0.15, -0.1) is 0 Å². The molecule has 1 N–H and O–H groups in total. The molecule has 0 bridgehead atoms. The molecule has 3 heteroatoms. The number of aromatic nitrogens is 1. The third kappa shape index (κ3) is 2.02. The number of hydrogen-bond acceptors (Lipinski definition) is 3. The number of likely N-dealkylation sites (N-methyl/N-ethyl adjacent to an activating group) is 1. The van der Waals surface area contributed by atoms with Gasteiger partial charge in [-0.1, -0.05) is 24.3 Å². The van der Waals surface area contributed by atoms with E-state index in [9.17, 15) is 4.79 Å². The van der Waals surface area contributed by atoms with Gasteiger partial charge in [-0.3, -0.25) is 4.79 Å². The van der Waals surface area contributed by atoms with Crippen LogP contribution in [0.15, 0.2) is 36.4 Å². The molecule has 0 aliphatic heterocycles. The molecular formula is C12H12N2O. The molecule has 0 fully saturated rings. The van der Waals surface area contributed by atoms with Crippen molar-refractivity contribution in [1.29, 1.82) is 0 Å². The number of nitrogens with zero attached hydrogens (tertiary/aromatic N) is 1. The Morgan fingerprint density at radius 1 is 1.27 bits per heavy atom. The Kier molecular flexibility index (Phi) is 2.74. The average molecular weight is 200 g/mol. The molecular weight excluding hydrogens is 188 g/mol. The van der Waals surface area contributed by atoms with E-state index in [-0.39, 0.29) is 5.78 Å². The first-order valence-electron chi connectivity index (χ1n) is 4.85. The lowest BCUT2D eigenvalue weighted by Crippen LogP contribution is -2.19. The zero-order valence-corrected chi connectivity index (χ0v) is 8.53. The van der Waals surface area contributed by atoms with E-state index in [1.165, 1.54) is 0 Å². The predicted molar refractivity (Wildman–Crippen MR) is 60.0 cm³/mol. The topological polar surface area (TPSA) is 42.0 Å². The van der Waals surface area contributed by atoms with Crippen molar-refractivity contribution in [3.8, 4) is 0 Å². The van der Waals surface area contributed by atoms with Crippen LogP contribution in [-0.2, 0) is 0 Å². The van der Waals surface area contributed by atoms with Crippen molar-refractivity contribution in [2.75, 3.05) is 13.6 Å². The van der Waals surface area contributed by atoms with Crippen LogP contribution in [-0.4, -0.2) is 24.4 Å². The number of carbonyl (C=O) groups excluding carboxylic acids is 1. The van der Waals surface area contributed by atoms with Crippen LogP contribution in [0.2, 0.25) is 0 Å². The zero-order chi connectivity index (χ0) is 10.7. The van der Waals surface area contributed by atoms with Gasteiger partial charge in [-0.2, -0.15) is 0 Å². The van der Waals surface area contributed by atoms with Crippen molar-refractivity contribution in [3.05, 3.63) is 42.1 Å². The van der Waals surface area contributed by atoms with Gasteiger partial charge in [0.15, 0.2) is 5.78 Å². The van der Waals surface area contributed by atoms with E-state index in [1.54, 1.807) is 13.1 Å². The van der Waals surface area contributed by atoms with Crippen molar-refractivity contribution < 1.29 is 4.79 Å². The molecule has 0 aliphatic rings. The van der Waals surface area contributed by atoms with E-state index in [1.807, 2.05) is 30.3 Å². The zero-order valence-electron chi connectivity index (χ0n) is 8.53. The van der Waals surface area contributed by atoms with Gasteiger partial charge in [-0.25, -0.2) is 4.98 Å². The molecule has 0 radical (unpaired) electrons. The quantitative estimate of drug-likeness (QED) is 0.766. The van der Waals surface area contributed by atoms with Crippen LogP contribution in [0, 0.1) is 0 Å². The highest BCUT2D eigenvalue weighted by molar-refractivity contribution is 5.97. The van der Waals surface area contributed by atoms with E-state index >= 15 is 0 Å². The highest BCUT2D eigenvalue weighted by Crippen LogP contribution is 2.11. The smallest absolute Gasteiger partial charge is 0.194 e. The number of nitrogens with one attached hydrogen (secondary N) is 1. The third-order valence-corrected chi connectivity index (χ3v) is 2.22. The Labute approximate surface area is 88.1 Å². The standard InChI is InChI=1S/C12H12N2O/c1-13-8-12(15)11-7-6-9-4-2-3-5-10(9)14-11/h2-7,13H,8H2,1H3. The Balaban J connectivity index is 2.42. The molecule has 76 valence electrons. The van der Waals surface area contributed by atoms with Crippen LogP contribution in [0.1, 0.15) is 10.5 Å². The monoisotopic (exact) mass is 200 g/mol. The van der Waals surface area contributed by atoms with Gasteiger partial charge < -0.3 is 5.32 Å². The Morgan fingerprint density at radius 2 is 2.07 bits per heavy atom. The first-order valence-corrected chi connectivity index (χ1v) is 4.85. The minimum absolute atomic E-state index is 0.0169. The Bertz CT molecular complexity index is 494. The summed E-state index contributed by atoms with van der Waals surface area (Å²) in [6, 6.07) is 11.5. The van der Waals surface area contributed by atoms with Crippen molar-refractivity contribution in [3.63, 3.8) is 0 Å². The van der Waals surface area contributed by atoms with Crippen molar-refractivity contribution in [2.45, 2.75) is 0 Å². The molecule has 1 aromatic carbocycles. The molecule has 1 aromatic heterocycles. The molecule has 2 aromatic rings. The SMILES string of the molecule is CNCC(=O)c1ccc2ccccc2n1. The van der Waals surface area contributed by atoms with Crippen molar-refractivity contribution in [1.82, 2.24) is 10.3 Å². The molecule has 1 heterocycles. The summed E-state index contributed by atoms with van der Waals surface area (Å²) >= 11 is 0. The maximum Gasteiger partial charge on any atom is 0.194 e. The van der Waals surface area contributed by atoms with Gasteiger partial charge in [0.05, 0.1) is 12.1 Å². The largest absolute Gasteiger partial charge is 0.313 e. The van der Waals surface area contributed by atoms with Crippen molar-refractivity contribution in [2.24, 2.45) is 0 Å². The number of rotatable bonds is 3. The fourth-order valence-electron chi connectivity index (χ4n) is 1.47. The van der Waals surface area contributed by atoms with Crippen LogP contribution in [0.25, 0.3) is 10.9 Å². The Hall–Kier alpha value is -1.74. The summed E-state index contributed by atoms with van der Waals surface area (Å²) in [5.74, 6) is 0.0169. The molecule has 2 rings (SSSR count). The summed E-state index contributed by atoms with van der Waals surface area (Å²) in [6.07, 6.45) is 0. The molecule has 3 nitrogen and oxygen atoms in total. The van der Waals surface area contributed by atoms with Crippen LogP contribution < -0.4 is 5.32 Å². The summed E-state index contributed by atoms with van der Waals surface area (Å²) in [7, 11) is 1.75. The molecule has 0 aliphatic carbocycles. The summed E-state index contributed by atoms with van der Waals surface area (Å²) in [5, 5.41) is 3.88. The summed E-state index contributed by atoms with van der Waals surface area (Å²) < 4.78 is 0. The third-order valence-electron chi connectivity index (χ3n) is 2.22. The van der Waals surface area contributed by atoms with Gasteiger partial charge in [0.25, 0.3) is 0 Å². The number of para-hydroxylation sites is 1. The molecule has 0 unspecified atom stereocenters. The van der Waals surface area contributed by atoms with E-state index in [0.29, 0.717) is 12.2 Å². The van der Waals surface area contributed by atoms with Gasteiger partial charge in [0, 0.05) is 5.39 Å². The van der Waals surface area contributed by atoms with Gasteiger partial charge >= 0.3 is 0 Å². The fourth-order valence-corrected chi connectivity index (χ4v) is 1.47. The minimum atomic E-state index is 0.0169. The molecule has 15 heavy (non-hydrogen) atoms. The van der Waals surface area contributed by atoms with E-state index in [4.69, 9.17) is 0 Å². The number of carbonyl (C=O) groups is 1. The lowest BCUT2D eigenvalue weighted by Gasteiger charge is -2.01. The van der Waals surface area contributed by atoms with Crippen LogP contribution in [0.5, 0.6) is 0 Å². The minimum Gasteiger partial charge on any atom is -0.313 e. The highest BCUT2D eigenvalue weighted by Gasteiger charge is 2.06. The normalized spacial score (nSPS) is 10.5. The second kappa shape index (κ2) is 4.19. The average Bonchev–Trinajstić information content (AvgIpc) is 2.29. The first kappa shape index (κ1) is 9.80. The molecule has 0 spiro atoms. The second-order valence-corrected chi connectivity index (χ2v) is 3.34. The van der Waals surface area contributed by atoms with Crippen LogP contribution in [0.3, 0.4) is 0 Å². The van der Waals surface area contributed by atoms with Crippen LogP contribution in [0.4, 0.5) is 0 Å². The lowest BCUT2D eigenvalue weighted by molar-refractivity contribution is 0.0989. The highest BCUT2D eigenvalue weighted by atomic mass is 16.1. The van der Waals surface area contributed by atoms with Gasteiger partial charge in [0.2, 0.25) is 0 Å². The van der Waals surface area contributed by atoms with Gasteiger partial charge in [0.1, 0.15) is 5.69 Å². The number of ketones is 1. The molecule has 0 saturated carbocycles. The summed E-state index contributed by atoms with van der Waals surface area (Å²) in [4.78, 5) is 15.9. The second-order valence-electron chi connectivity index (χ2n) is 3.34. The predicted octanol–water partition coefficient (Wildman–Crippen LogP) is 1.64. The van der Waals surface area contributed by atoms with Crippen molar-refractivity contribution >= 4 is 16.7 Å². The summed E-state index contributed by atoms with van der Waals surface area (Å²) in [5.41, 5.74) is 1.38. The van der Waals surface area contributed by atoms with E-state index in [2.05, 4.69) is 10.3 Å². The number of hydrogen-bond donors (Lipinski definition) is 1. The first-order chi connectivity index (χ1) is 7.31. The molecule has 0 saturated heterocycles. The molecule has 0 atom stereocenters. The maximum atomic E-state index is 11.6. The summed E-state index contributed by atoms with van der Waals surface area (Å²) in [6.45, 7) is 0.325. The van der Waals surface area contributed by atoms with Crippen LogP contribution >= 0.6 is 0 Å². The van der Waals surface area contributed by atoms with E-state index in [0.717, 1.165) is 10.9 Å². The van der Waals surface area contributed by atoms with E-state index < -0.39 is 0 Å². The maximum absolute atomic E-state index is 11.6. The number of fused-ring (bicyclic) bond motifs is 1. The lowest BCUT2D eigenvalue weighted by atomic mass is 10.1. The number of benzene rings is 1. The number of pyridine rings is 1. The number of Topliss-reactive ketones (excluding diaryl/α,β-unsaturated/α-hetero) is 1. The Morgan fingerprint density at radius 3 is 2.87 bits per heavy atom. The molecule has 0 amide bonds.